The van der Waals surface area contributed by atoms with Gasteiger partial charge in [0.15, 0.2) is 11.5 Å². The highest BCUT2D eigenvalue weighted by Gasteiger charge is 2.56. The molecule has 0 heterocycles. The monoisotopic (exact) mass is 782 g/mol. The molecule has 0 saturated heterocycles. The fourth-order valence-electron chi connectivity index (χ4n) is 6.39. The van der Waals surface area contributed by atoms with E-state index in [-0.39, 0.29) is 65.0 Å². The van der Waals surface area contributed by atoms with Gasteiger partial charge in [-0.3, -0.25) is 0 Å². The van der Waals surface area contributed by atoms with Crippen LogP contribution < -0.4 is 9.47 Å². The van der Waals surface area contributed by atoms with E-state index in [1.165, 1.54) is 0 Å². The molecular formula is C34H36Cl6O8. The third kappa shape index (κ3) is 6.74. The maximum Gasteiger partial charge on any atom is 0.423 e. The van der Waals surface area contributed by atoms with Crippen LogP contribution >= 0.6 is 69.6 Å². The van der Waals surface area contributed by atoms with E-state index in [9.17, 15) is 19.2 Å². The van der Waals surface area contributed by atoms with Crippen molar-refractivity contribution < 1.29 is 38.1 Å². The number of halogens is 6. The van der Waals surface area contributed by atoms with Crippen LogP contribution in [0.5, 0.6) is 11.5 Å². The SMILES string of the molecule is CC1CC(C)(COC(=O)c2c(Cl)c(Cl)cc(Cl)c2OC(=O)C(=O)Oc2c(Cl)cc(Cl)c(Cl)c2C(=O)OCC2(C)CC(C)C2(C)C)C1(C)C. The van der Waals surface area contributed by atoms with Gasteiger partial charge in [-0.05, 0) is 47.6 Å². The van der Waals surface area contributed by atoms with Crippen LogP contribution in [0.2, 0.25) is 30.1 Å². The van der Waals surface area contributed by atoms with E-state index in [4.69, 9.17) is 88.6 Å². The van der Waals surface area contributed by atoms with Gasteiger partial charge >= 0.3 is 23.9 Å². The van der Waals surface area contributed by atoms with Gasteiger partial charge in [0.05, 0.1) is 43.3 Å². The predicted molar refractivity (Wildman–Crippen MR) is 186 cm³/mol. The molecular weight excluding hydrogens is 749 g/mol. The highest BCUT2D eigenvalue weighted by Crippen LogP contribution is 2.61. The van der Waals surface area contributed by atoms with E-state index in [0.717, 1.165) is 25.0 Å². The van der Waals surface area contributed by atoms with Gasteiger partial charge in [0.1, 0.15) is 11.1 Å². The fourth-order valence-corrected chi connectivity index (χ4v) is 7.83. The van der Waals surface area contributed by atoms with Crippen molar-refractivity contribution in [1.82, 2.24) is 0 Å². The molecule has 0 amide bonds. The second-order valence-corrected chi connectivity index (χ2v) is 16.8. The maximum atomic E-state index is 13.3. The highest BCUT2D eigenvalue weighted by molar-refractivity contribution is 6.47. The summed E-state index contributed by atoms with van der Waals surface area (Å²) in [7, 11) is 0. The summed E-state index contributed by atoms with van der Waals surface area (Å²) in [5.74, 6) is -5.62. The summed E-state index contributed by atoms with van der Waals surface area (Å²) >= 11 is 37.7. The minimum atomic E-state index is -1.65. The van der Waals surface area contributed by atoms with Crippen LogP contribution in [0.3, 0.4) is 0 Å². The molecule has 0 bridgehead atoms. The van der Waals surface area contributed by atoms with Gasteiger partial charge in [-0.15, -0.1) is 0 Å². The van der Waals surface area contributed by atoms with Crippen molar-refractivity contribution in [2.45, 2.75) is 68.2 Å². The zero-order valence-corrected chi connectivity index (χ0v) is 32.2. The van der Waals surface area contributed by atoms with Gasteiger partial charge in [-0.2, -0.15) is 0 Å². The average molecular weight is 785 g/mol. The number of hydrogen-bond donors (Lipinski definition) is 0. The summed E-state index contributed by atoms with van der Waals surface area (Å²) in [6, 6.07) is 2.26. The normalized spacial score (nSPS) is 25.3. The van der Waals surface area contributed by atoms with E-state index < -0.39 is 46.5 Å². The van der Waals surface area contributed by atoms with E-state index in [0.29, 0.717) is 11.8 Å². The topological polar surface area (TPSA) is 105 Å². The summed E-state index contributed by atoms with van der Waals surface area (Å²) in [5.41, 5.74) is -1.85. The highest BCUT2D eigenvalue weighted by atomic mass is 35.5. The lowest BCUT2D eigenvalue weighted by atomic mass is 9.47. The number of rotatable bonds is 8. The number of ether oxygens (including phenoxy) is 4. The van der Waals surface area contributed by atoms with Crippen LogP contribution in [-0.4, -0.2) is 37.1 Å². The summed E-state index contributed by atoms with van der Waals surface area (Å²) < 4.78 is 21.7. The number of hydrogen-bond acceptors (Lipinski definition) is 8. The summed E-state index contributed by atoms with van der Waals surface area (Å²) in [5, 5.41) is -1.52. The van der Waals surface area contributed by atoms with E-state index in [1.54, 1.807) is 0 Å². The molecule has 0 aliphatic heterocycles. The molecule has 4 atom stereocenters. The Hall–Kier alpha value is -1.94. The minimum absolute atomic E-state index is 0.0312. The number of carbonyl (C=O) groups is 4. The van der Waals surface area contributed by atoms with Crippen molar-refractivity contribution in [3.05, 3.63) is 53.4 Å². The summed E-state index contributed by atoms with van der Waals surface area (Å²) in [6.45, 7) is 16.6. The molecule has 48 heavy (non-hydrogen) atoms. The predicted octanol–water partition coefficient (Wildman–Crippen LogP) is 10.6. The lowest BCUT2D eigenvalue weighted by molar-refractivity contribution is -0.156. The summed E-state index contributed by atoms with van der Waals surface area (Å²) in [4.78, 5) is 52.8. The maximum absolute atomic E-state index is 13.3. The Balaban J connectivity index is 1.56. The second-order valence-electron chi connectivity index (χ2n) is 14.4. The van der Waals surface area contributed by atoms with Crippen molar-refractivity contribution in [3.63, 3.8) is 0 Å². The molecule has 0 aromatic heterocycles. The molecule has 2 aliphatic rings. The van der Waals surface area contributed by atoms with Crippen molar-refractivity contribution >= 4 is 93.5 Å². The average Bonchev–Trinajstić information content (AvgIpc) is 3.00. The third-order valence-corrected chi connectivity index (χ3v) is 13.5. The second kappa shape index (κ2) is 13.6. The number of benzene rings is 2. The molecule has 0 radical (unpaired) electrons. The number of esters is 4. The molecule has 2 aromatic carbocycles. The molecule has 2 fully saturated rings. The zero-order valence-electron chi connectivity index (χ0n) is 27.7. The Morgan fingerprint density at radius 2 is 0.917 bits per heavy atom. The first-order valence-electron chi connectivity index (χ1n) is 15.1. The molecule has 14 heteroatoms. The molecule has 0 spiro atoms. The standard InChI is InChI=1S/C34H36Cl6O8/c1-15-11-33(7,31(15,3)4)13-45-27(41)21-23(39)17(35)9-19(37)25(21)47-29(43)30(44)48-26-20(38)10-18(36)24(40)22(26)28(42)46-14-34(8)12-16(2)32(34,5)6/h9-10,15-16H,11-14H2,1-8H3. The lowest BCUT2D eigenvalue weighted by Gasteiger charge is -2.59. The molecule has 0 N–H and O–H groups in total. The molecule has 262 valence electrons. The van der Waals surface area contributed by atoms with Gasteiger partial charge < -0.3 is 18.9 Å². The van der Waals surface area contributed by atoms with Crippen LogP contribution in [0.1, 0.15) is 88.9 Å². The molecule has 4 rings (SSSR count). The molecule has 8 nitrogen and oxygen atoms in total. The Kier molecular flexibility index (Phi) is 11.0. The van der Waals surface area contributed by atoms with Crippen molar-refractivity contribution in [1.29, 1.82) is 0 Å². The Bertz CT molecular complexity index is 1580. The van der Waals surface area contributed by atoms with Crippen LogP contribution in [0.15, 0.2) is 12.1 Å². The lowest BCUT2D eigenvalue weighted by Crippen LogP contribution is -2.54. The largest absolute Gasteiger partial charge is 0.461 e. The Morgan fingerprint density at radius 1 is 0.604 bits per heavy atom. The zero-order chi connectivity index (χ0) is 36.3. The van der Waals surface area contributed by atoms with Gasteiger partial charge in [0.2, 0.25) is 0 Å². The molecule has 2 saturated carbocycles. The Labute approximate surface area is 309 Å². The first-order valence-corrected chi connectivity index (χ1v) is 17.4. The smallest absolute Gasteiger partial charge is 0.423 e. The minimum Gasteiger partial charge on any atom is -0.461 e. The van der Waals surface area contributed by atoms with Crippen molar-refractivity contribution in [2.75, 3.05) is 13.2 Å². The first-order chi connectivity index (χ1) is 22.0. The first kappa shape index (κ1) is 38.9. The molecule has 4 unspecified atom stereocenters. The van der Waals surface area contributed by atoms with Crippen LogP contribution in [0, 0.1) is 33.5 Å². The van der Waals surface area contributed by atoms with E-state index in [2.05, 4.69) is 41.5 Å². The molecule has 2 aliphatic carbocycles. The van der Waals surface area contributed by atoms with Crippen LogP contribution in [-0.2, 0) is 19.1 Å². The van der Waals surface area contributed by atoms with Gasteiger partial charge in [-0.1, -0.05) is 125 Å². The Morgan fingerprint density at radius 3 is 1.19 bits per heavy atom. The quantitative estimate of drug-likeness (QED) is 0.113. The third-order valence-electron chi connectivity index (χ3n) is 11.3. The van der Waals surface area contributed by atoms with Crippen LogP contribution in [0.25, 0.3) is 0 Å². The van der Waals surface area contributed by atoms with E-state index in [1.807, 2.05) is 13.8 Å². The van der Waals surface area contributed by atoms with Gasteiger partial charge in [0.25, 0.3) is 0 Å². The van der Waals surface area contributed by atoms with Gasteiger partial charge in [-0.25, -0.2) is 19.2 Å². The van der Waals surface area contributed by atoms with Gasteiger partial charge in [0, 0.05) is 10.8 Å². The van der Waals surface area contributed by atoms with E-state index >= 15 is 0 Å². The van der Waals surface area contributed by atoms with Crippen LogP contribution in [0.4, 0.5) is 0 Å². The fraction of sp³-hybridized carbons (Fsp3) is 0.529. The molecule has 2 aromatic rings. The summed E-state index contributed by atoms with van der Waals surface area (Å²) in [6.07, 6.45) is 1.63. The number of carbonyl (C=O) groups excluding carboxylic acids is 4. The van der Waals surface area contributed by atoms with Crippen molar-refractivity contribution in [3.8, 4) is 11.5 Å². The van der Waals surface area contributed by atoms with Crippen molar-refractivity contribution in [2.24, 2.45) is 33.5 Å².